The minimum atomic E-state index is -1.66. The van der Waals surface area contributed by atoms with E-state index < -0.39 is 17.3 Å². The standard InChI is InChI=1S/C31H35BrFN3O4/c1-7-40-27-18-21(17-26(35-27)38-5)31(37,13-14-36(3)4)28(23-10-8-9-19(2)29(23)33)24-16-20-15-22(32)11-12-25(20)34-30(24)39-6/h8-12,15-18,28,37H,7,13-14H2,1-6H3. The molecule has 212 valence electrons. The van der Waals surface area contributed by atoms with Crippen molar-refractivity contribution < 1.29 is 23.7 Å². The van der Waals surface area contributed by atoms with E-state index >= 15 is 4.39 Å². The summed E-state index contributed by atoms with van der Waals surface area (Å²) in [6.45, 7) is 4.45. The maximum atomic E-state index is 16.1. The van der Waals surface area contributed by atoms with Gasteiger partial charge in [0.05, 0.1) is 32.3 Å². The van der Waals surface area contributed by atoms with E-state index in [9.17, 15) is 5.11 Å². The van der Waals surface area contributed by atoms with Gasteiger partial charge in [-0.05, 0) is 75.3 Å². The van der Waals surface area contributed by atoms with Crippen LogP contribution in [-0.2, 0) is 5.60 Å². The number of pyridine rings is 2. The molecular weight excluding hydrogens is 577 g/mol. The van der Waals surface area contributed by atoms with Crippen molar-refractivity contribution in [2.24, 2.45) is 0 Å². The molecule has 0 spiro atoms. The zero-order valence-electron chi connectivity index (χ0n) is 23.7. The van der Waals surface area contributed by atoms with E-state index in [1.165, 1.54) is 14.2 Å². The molecule has 2 unspecified atom stereocenters. The molecule has 1 N–H and O–H groups in total. The Hall–Kier alpha value is -3.27. The van der Waals surface area contributed by atoms with Crippen molar-refractivity contribution >= 4 is 26.8 Å². The lowest BCUT2D eigenvalue weighted by Crippen LogP contribution is -2.38. The number of halogens is 2. The van der Waals surface area contributed by atoms with E-state index in [4.69, 9.17) is 19.2 Å². The summed E-state index contributed by atoms with van der Waals surface area (Å²) < 4.78 is 34.0. The fraction of sp³-hybridized carbons (Fsp3) is 0.355. The zero-order valence-corrected chi connectivity index (χ0v) is 25.3. The third-order valence-corrected chi connectivity index (χ3v) is 7.50. The molecule has 0 aliphatic heterocycles. The number of aryl methyl sites for hydroxylation is 1. The quantitative estimate of drug-likeness (QED) is 0.215. The van der Waals surface area contributed by atoms with Crippen LogP contribution in [0, 0.1) is 12.7 Å². The van der Waals surface area contributed by atoms with Gasteiger partial charge in [-0.1, -0.05) is 34.1 Å². The highest BCUT2D eigenvalue weighted by Crippen LogP contribution is 2.49. The Morgan fingerprint density at radius 2 is 1.75 bits per heavy atom. The molecule has 7 nitrogen and oxygen atoms in total. The molecule has 0 saturated heterocycles. The molecule has 9 heteroatoms. The normalized spacial score (nSPS) is 13.8. The molecule has 0 aliphatic rings. The monoisotopic (exact) mass is 611 g/mol. The SMILES string of the molecule is CCOc1cc(C(O)(CCN(C)C)C(c2cc3cc(Br)ccc3nc2OC)c2cccc(C)c2F)cc(OC)n1. The van der Waals surface area contributed by atoms with Crippen molar-refractivity contribution in [1.82, 2.24) is 14.9 Å². The Kier molecular flexibility index (Phi) is 9.28. The van der Waals surface area contributed by atoms with Crippen LogP contribution in [0.1, 0.15) is 41.5 Å². The molecule has 40 heavy (non-hydrogen) atoms. The summed E-state index contributed by atoms with van der Waals surface area (Å²) in [5.74, 6) is -0.440. The maximum Gasteiger partial charge on any atom is 0.217 e. The first-order valence-corrected chi connectivity index (χ1v) is 13.9. The van der Waals surface area contributed by atoms with Gasteiger partial charge in [-0.2, -0.15) is 4.98 Å². The van der Waals surface area contributed by atoms with Crippen molar-refractivity contribution in [3.8, 4) is 17.6 Å². The maximum absolute atomic E-state index is 16.1. The average molecular weight is 613 g/mol. The second kappa shape index (κ2) is 12.5. The van der Waals surface area contributed by atoms with Gasteiger partial charge in [-0.25, -0.2) is 9.37 Å². The molecule has 2 aromatic carbocycles. The minimum Gasteiger partial charge on any atom is -0.481 e. The lowest BCUT2D eigenvalue weighted by atomic mass is 9.71. The molecule has 4 aromatic rings. The van der Waals surface area contributed by atoms with Crippen molar-refractivity contribution in [1.29, 1.82) is 0 Å². The average Bonchev–Trinajstić information content (AvgIpc) is 2.93. The highest BCUT2D eigenvalue weighted by Gasteiger charge is 2.44. The number of aromatic nitrogens is 2. The summed E-state index contributed by atoms with van der Waals surface area (Å²) in [6.07, 6.45) is 0.246. The number of ether oxygens (including phenoxy) is 3. The lowest BCUT2D eigenvalue weighted by molar-refractivity contribution is 0.00235. The number of nitrogens with zero attached hydrogens (tertiary/aromatic N) is 3. The van der Waals surface area contributed by atoms with Crippen LogP contribution < -0.4 is 14.2 Å². The molecule has 4 rings (SSSR count). The summed E-state index contributed by atoms with van der Waals surface area (Å²) in [5, 5.41) is 13.8. The largest absolute Gasteiger partial charge is 0.481 e. The minimum absolute atomic E-state index is 0.246. The number of hydrogen-bond acceptors (Lipinski definition) is 7. The summed E-state index contributed by atoms with van der Waals surface area (Å²) in [5.41, 5.74) is 0.878. The molecule has 0 radical (unpaired) electrons. The van der Waals surface area contributed by atoms with Gasteiger partial charge in [-0.3, -0.25) is 0 Å². The third-order valence-electron chi connectivity index (χ3n) is 7.00. The highest BCUT2D eigenvalue weighted by molar-refractivity contribution is 9.10. The Morgan fingerprint density at radius 3 is 2.42 bits per heavy atom. The highest BCUT2D eigenvalue weighted by atomic mass is 79.9. The van der Waals surface area contributed by atoms with E-state index in [2.05, 4.69) is 20.9 Å². The number of fused-ring (bicyclic) bond motifs is 1. The third kappa shape index (κ3) is 6.06. The Bertz CT molecular complexity index is 1500. The van der Waals surface area contributed by atoms with Crippen molar-refractivity contribution in [3.63, 3.8) is 0 Å². The van der Waals surface area contributed by atoms with Gasteiger partial charge in [0, 0.05) is 34.1 Å². The van der Waals surface area contributed by atoms with Crippen LogP contribution in [0.5, 0.6) is 17.6 Å². The number of aliphatic hydroxyl groups is 1. The number of benzene rings is 2. The second-order valence-corrected chi connectivity index (χ2v) is 10.9. The predicted molar refractivity (Wildman–Crippen MR) is 158 cm³/mol. The topological polar surface area (TPSA) is 76.9 Å². The molecule has 2 atom stereocenters. The first kappa shape index (κ1) is 29.7. The molecule has 2 aromatic heterocycles. The van der Waals surface area contributed by atoms with E-state index in [0.29, 0.717) is 52.7 Å². The number of rotatable bonds is 11. The second-order valence-electron chi connectivity index (χ2n) is 9.98. The summed E-state index contributed by atoms with van der Waals surface area (Å²) in [6, 6.07) is 16.2. The molecule has 0 amide bonds. The van der Waals surface area contributed by atoms with E-state index in [1.54, 1.807) is 37.3 Å². The molecule has 0 saturated carbocycles. The van der Waals surface area contributed by atoms with Crippen molar-refractivity contribution in [3.05, 3.63) is 87.1 Å². The number of hydrogen-bond donors (Lipinski definition) is 1. The molecule has 0 fully saturated rings. The van der Waals surface area contributed by atoms with Gasteiger partial charge < -0.3 is 24.2 Å². The summed E-state index contributed by atoms with van der Waals surface area (Å²) in [7, 11) is 6.89. The van der Waals surface area contributed by atoms with Crippen molar-refractivity contribution in [2.75, 3.05) is 41.5 Å². The van der Waals surface area contributed by atoms with Crippen LogP contribution in [0.4, 0.5) is 4.39 Å². The first-order valence-electron chi connectivity index (χ1n) is 13.1. The zero-order chi connectivity index (χ0) is 29.0. The van der Waals surface area contributed by atoms with Gasteiger partial charge in [0.1, 0.15) is 11.4 Å². The smallest absolute Gasteiger partial charge is 0.217 e. The Balaban J connectivity index is 2.10. The number of methoxy groups -OCH3 is 2. The van der Waals surface area contributed by atoms with Crippen LogP contribution in [-0.4, -0.2) is 61.4 Å². The van der Waals surface area contributed by atoms with Crippen LogP contribution in [0.3, 0.4) is 0 Å². The van der Waals surface area contributed by atoms with Crippen LogP contribution >= 0.6 is 15.9 Å². The lowest BCUT2D eigenvalue weighted by Gasteiger charge is -2.39. The van der Waals surface area contributed by atoms with Gasteiger partial charge >= 0.3 is 0 Å². The van der Waals surface area contributed by atoms with Crippen LogP contribution in [0.25, 0.3) is 10.9 Å². The fourth-order valence-electron chi connectivity index (χ4n) is 5.00. The molecular formula is C31H35BrFN3O4. The summed E-state index contributed by atoms with van der Waals surface area (Å²) >= 11 is 3.54. The Labute approximate surface area is 243 Å². The fourth-order valence-corrected chi connectivity index (χ4v) is 5.38. The predicted octanol–water partition coefficient (Wildman–Crippen LogP) is 6.23. The summed E-state index contributed by atoms with van der Waals surface area (Å²) in [4.78, 5) is 11.1. The van der Waals surface area contributed by atoms with Gasteiger partial charge in [-0.15, -0.1) is 0 Å². The Morgan fingerprint density at radius 1 is 1.00 bits per heavy atom. The molecule has 0 bridgehead atoms. The van der Waals surface area contributed by atoms with Gasteiger partial charge in [0.15, 0.2) is 0 Å². The molecule has 2 heterocycles. The van der Waals surface area contributed by atoms with Crippen molar-refractivity contribution in [2.45, 2.75) is 31.8 Å². The first-order chi connectivity index (χ1) is 19.1. The van der Waals surface area contributed by atoms with E-state index in [0.717, 1.165) is 9.86 Å². The molecule has 0 aliphatic carbocycles. The van der Waals surface area contributed by atoms with E-state index in [-0.39, 0.29) is 12.3 Å². The van der Waals surface area contributed by atoms with Crippen LogP contribution in [0.15, 0.2) is 59.1 Å². The van der Waals surface area contributed by atoms with Gasteiger partial charge in [0.25, 0.3) is 0 Å². The van der Waals surface area contributed by atoms with E-state index in [1.807, 2.05) is 50.2 Å². The van der Waals surface area contributed by atoms with Gasteiger partial charge in [0.2, 0.25) is 17.6 Å². The van der Waals surface area contributed by atoms with Crippen LogP contribution in [0.2, 0.25) is 0 Å².